The van der Waals surface area contributed by atoms with E-state index in [0.29, 0.717) is 27.8 Å². The van der Waals surface area contributed by atoms with Crippen LogP contribution in [0.15, 0.2) is 60.8 Å². The van der Waals surface area contributed by atoms with E-state index in [0.717, 1.165) is 12.3 Å². The maximum absolute atomic E-state index is 13.5. The molecule has 176 valence electrons. The molecule has 0 aliphatic heterocycles. The molecule has 0 aliphatic rings. The lowest BCUT2D eigenvalue weighted by molar-refractivity contribution is -0.136. The Hall–Kier alpha value is -3.37. The summed E-state index contributed by atoms with van der Waals surface area (Å²) in [4.78, 5) is 8.01. The van der Waals surface area contributed by atoms with Gasteiger partial charge in [-0.05, 0) is 41.8 Å². The quantitative estimate of drug-likeness (QED) is 0.290. The molecule has 4 aromatic rings. The van der Waals surface area contributed by atoms with Gasteiger partial charge in [0.05, 0.1) is 22.4 Å². The Morgan fingerprint density at radius 1 is 1.00 bits per heavy atom. The van der Waals surface area contributed by atoms with Crippen LogP contribution < -0.4 is 8.92 Å². The number of ether oxygens (including phenoxy) is 1. The Morgan fingerprint density at radius 3 is 2.41 bits per heavy atom. The molecule has 2 heterocycles. The van der Waals surface area contributed by atoms with Gasteiger partial charge in [-0.3, -0.25) is 4.98 Å². The first kappa shape index (κ1) is 23.8. The lowest BCUT2D eigenvalue weighted by Crippen LogP contribution is -2.07. The van der Waals surface area contributed by atoms with E-state index in [1.54, 1.807) is 37.3 Å². The highest BCUT2D eigenvalue weighted by atomic mass is 35.5. The summed E-state index contributed by atoms with van der Waals surface area (Å²) in [5.74, 6) is 0.00434. The Bertz CT molecular complexity index is 1510. The molecule has 0 fully saturated rings. The van der Waals surface area contributed by atoms with Gasteiger partial charge in [-0.1, -0.05) is 35.9 Å². The number of pyridine rings is 2. The van der Waals surface area contributed by atoms with E-state index in [2.05, 4.69) is 9.97 Å². The van der Waals surface area contributed by atoms with Crippen molar-refractivity contribution >= 4 is 32.6 Å². The third kappa shape index (κ3) is 5.23. The molecular formula is C23H16ClF3N2O4S. The van der Waals surface area contributed by atoms with Crippen molar-refractivity contribution in [3.63, 3.8) is 0 Å². The fourth-order valence-electron chi connectivity index (χ4n) is 3.47. The molecule has 0 spiro atoms. The molecule has 2 aromatic carbocycles. The molecule has 0 amide bonds. The van der Waals surface area contributed by atoms with Crippen LogP contribution in [0, 0.1) is 6.92 Å². The van der Waals surface area contributed by atoms with Crippen LogP contribution in [0.2, 0.25) is 5.02 Å². The van der Waals surface area contributed by atoms with Crippen molar-refractivity contribution in [3.05, 3.63) is 76.9 Å². The summed E-state index contributed by atoms with van der Waals surface area (Å²) >= 11 is 6.02. The number of benzene rings is 2. The third-order valence-electron chi connectivity index (χ3n) is 4.72. The van der Waals surface area contributed by atoms with Gasteiger partial charge >= 0.3 is 16.3 Å². The average molecular weight is 509 g/mol. The number of hydrogen-bond acceptors (Lipinski definition) is 6. The van der Waals surface area contributed by atoms with Crippen LogP contribution in [0.25, 0.3) is 22.0 Å². The minimum Gasteiger partial charge on any atom is -0.439 e. The fraction of sp³-hybridized carbons (Fsp3) is 0.130. The summed E-state index contributed by atoms with van der Waals surface area (Å²) < 4.78 is 73.8. The number of nitrogens with zero attached hydrogens (tertiary/aromatic N) is 2. The molecule has 4 rings (SSSR count). The standard InChI is InChI=1S/C23H16ClF3N2O4S/c1-13-12-28-22-17(7-4-8-18(22)23(25,26)27)21(13)14-5-3-6-16(9-14)32-19-10-15(24)11-20(29-19)33-34(2,30)31/h3-12H,1-2H3. The summed E-state index contributed by atoms with van der Waals surface area (Å²) in [5, 5.41) is 0.479. The highest BCUT2D eigenvalue weighted by Crippen LogP contribution is 2.39. The Labute approximate surface area is 198 Å². The van der Waals surface area contributed by atoms with E-state index < -0.39 is 21.9 Å². The lowest BCUT2D eigenvalue weighted by atomic mass is 9.95. The van der Waals surface area contributed by atoms with Gasteiger partial charge in [0.15, 0.2) is 0 Å². The maximum atomic E-state index is 13.5. The van der Waals surface area contributed by atoms with Crippen molar-refractivity contribution in [1.29, 1.82) is 0 Å². The van der Waals surface area contributed by atoms with Crippen LogP contribution in [-0.2, 0) is 16.3 Å². The van der Waals surface area contributed by atoms with Gasteiger partial charge in [0.1, 0.15) is 5.75 Å². The normalized spacial score (nSPS) is 12.1. The second-order valence-corrected chi connectivity index (χ2v) is 9.41. The van der Waals surface area contributed by atoms with Crippen LogP contribution in [0.4, 0.5) is 13.2 Å². The van der Waals surface area contributed by atoms with E-state index in [1.165, 1.54) is 24.4 Å². The molecule has 0 atom stereocenters. The SMILES string of the molecule is Cc1cnc2c(C(F)(F)F)cccc2c1-c1cccc(Oc2cc(Cl)cc(OS(C)(=O)=O)n2)c1. The van der Waals surface area contributed by atoms with Crippen molar-refractivity contribution in [1.82, 2.24) is 9.97 Å². The first-order valence-corrected chi connectivity index (χ1v) is 11.9. The minimum absolute atomic E-state index is 0.0287. The number of alkyl halides is 3. The summed E-state index contributed by atoms with van der Waals surface area (Å²) in [6.45, 7) is 1.75. The monoisotopic (exact) mass is 508 g/mol. The van der Waals surface area contributed by atoms with Gasteiger partial charge in [-0.15, -0.1) is 0 Å². The smallest absolute Gasteiger partial charge is 0.418 e. The average Bonchev–Trinajstić information content (AvgIpc) is 2.71. The molecule has 0 N–H and O–H groups in total. The fourth-order valence-corrected chi connectivity index (χ4v) is 4.05. The molecule has 0 unspecified atom stereocenters. The summed E-state index contributed by atoms with van der Waals surface area (Å²) in [6.07, 6.45) is -2.28. The third-order valence-corrected chi connectivity index (χ3v) is 5.41. The van der Waals surface area contributed by atoms with E-state index in [1.807, 2.05) is 0 Å². The lowest BCUT2D eigenvalue weighted by Gasteiger charge is -2.15. The van der Waals surface area contributed by atoms with Crippen LogP contribution in [0.1, 0.15) is 11.1 Å². The number of halogens is 4. The second-order valence-electron chi connectivity index (χ2n) is 7.39. The maximum Gasteiger partial charge on any atom is 0.418 e. The molecule has 2 aromatic heterocycles. The van der Waals surface area contributed by atoms with Gasteiger partial charge in [0, 0.05) is 23.7 Å². The highest BCUT2D eigenvalue weighted by Gasteiger charge is 2.33. The highest BCUT2D eigenvalue weighted by molar-refractivity contribution is 7.86. The van der Waals surface area contributed by atoms with Crippen molar-refractivity contribution in [3.8, 4) is 28.6 Å². The van der Waals surface area contributed by atoms with E-state index in [4.69, 9.17) is 20.5 Å². The zero-order valence-electron chi connectivity index (χ0n) is 17.7. The first-order valence-electron chi connectivity index (χ1n) is 9.71. The largest absolute Gasteiger partial charge is 0.439 e. The number of hydrogen-bond donors (Lipinski definition) is 0. The number of aromatic nitrogens is 2. The van der Waals surface area contributed by atoms with Gasteiger partial charge < -0.3 is 8.92 Å². The summed E-state index contributed by atoms with van der Waals surface area (Å²) in [7, 11) is -3.83. The van der Waals surface area contributed by atoms with Crippen molar-refractivity contribution in [2.24, 2.45) is 0 Å². The predicted octanol–water partition coefficient (Wildman–Crippen LogP) is 6.41. The van der Waals surface area contributed by atoms with Crippen LogP contribution in [0.5, 0.6) is 17.5 Å². The molecule has 11 heteroatoms. The van der Waals surface area contributed by atoms with Gasteiger partial charge in [0.25, 0.3) is 0 Å². The minimum atomic E-state index is -4.55. The van der Waals surface area contributed by atoms with Crippen LogP contribution in [-0.4, -0.2) is 24.6 Å². The Morgan fingerprint density at radius 2 is 1.71 bits per heavy atom. The van der Waals surface area contributed by atoms with Gasteiger partial charge in [-0.2, -0.15) is 26.6 Å². The Balaban J connectivity index is 1.77. The van der Waals surface area contributed by atoms with Gasteiger partial charge in [-0.25, -0.2) is 0 Å². The molecule has 6 nitrogen and oxygen atoms in total. The zero-order valence-corrected chi connectivity index (χ0v) is 19.3. The van der Waals surface area contributed by atoms with Crippen molar-refractivity contribution in [2.45, 2.75) is 13.1 Å². The molecule has 0 radical (unpaired) electrons. The zero-order chi connectivity index (χ0) is 24.7. The second kappa shape index (κ2) is 8.77. The molecule has 0 saturated carbocycles. The predicted molar refractivity (Wildman–Crippen MR) is 122 cm³/mol. The number of aryl methyl sites for hydroxylation is 1. The molecule has 34 heavy (non-hydrogen) atoms. The van der Waals surface area contributed by atoms with Crippen molar-refractivity contribution < 1.29 is 30.5 Å². The summed E-state index contributed by atoms with van der Waals surface area (Å²) in [5.41, 5.74) is 0.868. The van der Waals surface area contributed by atoms with E-state index >= 15 is 0 Å². The van der Waals surface area contributed by atoms with Crippen LogP contribution >= 0.6 is 11.6 Å². The Kier molecular flexibility index (Phi) is 6.13. The van der Waals surface area contributed by atoms with Gasteiger partial charge in [0.2, 0.25) is 11.8 Å². The molecule has 0 aliphatic carbocycles. The number of para-hydroxylation sites is 1. The molecule has 0 bridgehead atoms. The van der Waals surface area contributed by atoms with E-state index in [-0.39, 0.29) is 22.3 Å². The molecular weight excluding hydrogens is 493 g/mol. The van der Waals surface area contributed by atoms with Crippen molar-refractivity contribution in [2.75, 3.05) is 6.26 Å². The number of fused-ring (bicyclic) bond motifs is 1. The summed E-state index contributed by atoms with van der Waals surface area (Å²) in [6, 6.07) is 13.2. The molecule has 0 saturated heterocycles. The van der Waals surface area contributed by atoms with Crippen LogP contribution in [0.3, 0.4) is 0 Å². The topological polar surface area (TPSA) is 78.4 Å². The first-order chi connectivity index (χ1) is 15.9. The van der Waals surface area contributed by atoms with E-state index in [9.17, 15) is 21.6 Å². The number of rotatable bonds is 5.